The summed E-state index contributed by atoms with van der Waals surface area (Å²) in [5, 5.41) is 3.38. The number of nitrogens with one attached hydrogen (secondary N) is 1. The molecular weight excluding hydrogens is 224 g/mol. The minimum atomic E-state index is -0.000676. The zero-order chi connectivity index (χ0) is 13.9. The van der Waals surface area contributed by atoms with Crippen LogP contribution in [0.15, 0.2) is 18.2 Å². The average Bonchev–Trinajstić information content (AvgIpc) is 2.27. The highest BCUT2D eigenvalue weighted by molar-refractivity contribution is 5.99. The molecule has 0 unspecified atom stereocenters. The van der Waals surface area contributed by atoms with Gasteiger partial charge in [0.15, 0.2) is 5.78 Å². The van der Waals surface area contributed by atoms with Crippen LogP contribution in [0.2, 0.25) is 0 Å². The van der Waals surface area contributed by atoms with Crippen LogP contribution in [0.5, 0.6) is 0 Å². The van der Waals surface area contributed by atoms with E-state index in [0.717, 1.165) is 12.2 Å². The molecule has 0 fully saturated rings. The van der Waals surface area contributed by atoms with Crippen LogP contribution in [0.3, 0.4) is 0 Å². The van der Waals surface area contributed by atoms with E-state index >= 15 is 0 Å². The zero-order valence-corrected chi connectivity index (χ0v) is 12.0. The maximum atomic E-state index is 11.4. The SMILES string of the molecule is CC(=O)c1cc(NCC(C)(C)C(C)C)ccc1N. The van der Waals surface area contributed by atoms with Gasteiger partial charge in [-0.1, -0.05) is 27.7 Å². The van der Waals surface area contributed by atoms with Gasteiger partial charge < -0.3 is 11.1 Å². The molecule has 0 amide bonds. The third-order valence-corrected chi connectivity index (χ3v) is 3.74. The number of benzene rings is 1. The molecule has 1 aromatic rings. The largest absolute Gasteiger partial charge is 0.398 e. The van der Waals surface area contributed by atoms with Crippen molar-refractivity contribution in [2.45, 2.75) is 34.6 Å². The van der Waals surface area contributed by atoms with Crippen LogP contribution in [0.1, 0.15) is 45.0 Å². The van der Waals surface area contributed by atoms with Gasteiger partial charge in [0.25, 0.3) is 0 Å². The standard InChI is InChI=1S/C15H24N2O/c1-10(2)15(4,5)9-17-12-6-7-14(16)13(8-12)11(3)18/h6-8,10,17H,9,16H2,1-5H3. The molecule has 100 valence electrons. The second kappa shape index (κ2) is 5.42. The number of carbonyl (C=O) groups excluding carboxylic acids is 1. The number of rotatable bonds is 5. The second-order valence-electron chi connectivity index (χ2n) is 5.86. The van der Waals surface area contributed by atoms with Crippen molar-refractivity contribution in [1.82, 2.24) is 0 Å². The smallest absolute Gasteiger partial charge is 0.161 e. The molecule has 0 atom stereocenters. The number of Topliss-reactive ketones (excluding diaryl/α,β-unsaturated/α-hetero) is 1. The Morgan fingerprint density at radius 1 is 1.39 bits per heavy atom. The number of hydrogen-bond acceptors (Lipinski definition) is 3. The molecule has 0 aliphatic carbocycles. The molecule has 1 rings (SSSR count). The van der Waals surface area contributed by atoms with Gasteiger partial charge in [-0.3, -0.25) is 4.79 Å². The van der Waals surface area contributed by atoms with E-state index in [1.54, 1.807) is 6.07 Å². The lowest BCUT2D eigenvalue weighted by molar-refractivity contribution is 0.101. The molecule has 3 N–H and O–H groups in total. The fourth-order valence-electron chi connectivity index (χ4n) is 1.51. The first-order valence-corrected chi connectivity index (χ1v) is 6.38. The summed E-state index contributed by atoms with van der Waals surface area (Å²) in [7, 11) is 0. The van der Waals surface area contributed by atoms with Gasteiger partial charge in [0.1, 0.15) is 0 Å². The van der Waals surface area contributed by atoms with Gasteiger partial charge in [0.05, 0.1) is 0 Å². The maximum Gasteiger partial charge on any atom is 0.161 e. The van der Waals surface area contributed by atoms with Gasteiger partial charge in [-0.2, -0.15) is 0 Å². The van der Waals surface area contributed by atoms with Crippen molar-refractivity contribution in [3.63, 3.8) is 0 Å². The molecule has 0 aliphatic heterocycles. The first-order valence-electron chi connectivity index (χ1n) is 6.38. The quantitative estimate of drug-likeness (QED) is 0.618. The minimum Gasteiger partial charge on any atom is -0.398 e. The third-order valence-electron chi connectivity index (χ3n) is 3.74. The van der Waals surface area contributed by atoms with E-state index < -0.39 is 0 Å². The van der Waals surface area contributed by atoms with Crippen molar-refractivity contribution in [1.29, 1.82) is 0 Å². The lowest BCUT2D eigenvalue weighted by atomic mass is 9.81. The number of carbonyl (C=O) groups is 1. The van der Waals surface area contributed by atoms with E-state index in [4.69, 9.17) is 5.73 Å². The summed E-state index contributed by atoms with van der Waals surface area (Å²) in [4.78, 5) is 11.4. The van der Waals surface area contributed by atoms with Crippen LogP contribution < -0.4 is 11.1 Å². The highest BCUT2D eigenvalue weighted by Crippen LogP contribution is 2.27. The normalized spacial score (nSPS) is 11.7. The maximum absolute atomic E-state index is 11.4. The van der Waals surface area contributed by atoms with E-state index in [0.29, 0.717) is 17.2 Å². The van der Waals surface area contributed by atoms with Crippen molar-refractivity contribution in [2.75, 3.05) is 17.6 Å². The van der Waals surface area contributed by atoms with Gasteiger partial charge in [0.2, 0.25) is 0 Å². The fourth-order valence-corrected chi connectivity index (χ4v) is 1.51. The Morgan fingerprint density at radius 3 is 2.50 bits per heavy atom. The fraction of sp³-hybridized carbons (Fsp3) is 0.533. The average molecular weight is 248 g/mol. The topological polar surface area (TPSA) is 55.1 Å². The highest BCUT2D eigenvalue weighted by atomic mass is 16.1. The molecule has 0 aliphatic rings. The Labute approximate surface area is 110 Å². The summed E-state index contributed by atoms with van der Waals surface area (Å²) in [6.45, 7) is 11.3. The first-order chi connectivity index (χ1) is 8.24. The van der Waals surface area contributed by atoms with E-state index in [2.05, 4.69) is 33.0 Å². The number of ketones is 1. The predicted molar refractivity (Wildman–Crippen MR) is 78.0 cm³/mol. The van der Waals surface area contributed by atoms with Crippen LogP contribution >= 0.6 is 0 Å². The molecule has 0 heterocycles. The molecule has 3 heteroatoms. The van der Waals surface area contributed by atoms with E-state index in [-0.39, 0.29) is 11.2 Å². The van der Waals surface area contributed by atoms with Crippen molar-refractivity contribution in [3.05, 3.63) is 23.8 Å². The Morgan fingerprint density at radius 2 is 2.00 bits per heavy atom. The van der Waals surface area contributed by atoms with Gasteiger partial charge >= 0.3 is 0 Å². The van der Waals surface area contributed by atoms with Gasteiger partial charge in [0, 0.05) is 23.5 Å². The summed E-state index contributed by atoms with van der Waals surface area (Å²) in [5.41, 5.74) is 8.05. The Balaban J connectivity index is 2.81. The highest BCUT2D eigenvalue weighted by Gasteiger charge is 2.21. The van der Waals surface area contributed by atoms with Gasteiger partial charge in [-0.05, 0) is 36.5 Å². The zero-order valence-electron chi connectivity index (χ0n) is 12.0. The summed E-state index contributed by atoms with van der Waals surface area (Å²) in [5.74, 6) is 0.588. The lowest BCUT2D eigenvalue weighted by Crippen LogP contribution is -2.28. The summed E-state index contributed by atoms with van der Waals surface area (Å²) >= 11 is 0. The van der Waals surface area contributed by atoms with Crippen molar-refractivity contribution in [3.8, 4) is 0 Å². The predicted octanol–water partition coefficient (Wildman–Crippen LogP) is 3.57. The van der Waals surface area contributed by atoms with Crippen molar-refractivity contribution >= 4 is 17.2 Å². The van der Waals surface area contributed by atoms with Crippen LogP contribution in [0.4, 0.5) is 11.4 Å². The van der Waals surface area contributed by atoms with Gasteiger partial charge in [-0.25, -0.2) is 0 Å². The van der Waals surface area contributed by atoms with E-state index in [1.165, 1.54) is 6.92 Å². The molecule has 0 radical (unpaired) electrons. The summed E-state index contributed by atoms with van der Waals surface area (Å²) < 4.78 is 0. The van der Waals surface area contributed by atoms with Gasteiger partial charge in [-0.15, -0.1) is 0 Å². The molecule has 0 aromatic heterocycles. The summed E-state index contributed by atoms with van der Waals surface area (Å²) in [6.07, 6.45) is 0. The Hall–Kier alpha value is -1.51. The molecule has 0 saturated carbocycles. The molecule has 0 saturated heterocycles. The van der Waals surface area contributed by atoms with E-state index in [1.807, 2.05) is 12.1 Å². The monoisotopic (exact) mass is 248 g/mol. The Kier molecular flexibility index (Phi) is 4.38. The van der Waals surface area contributed by atoms with E-state index in [9.17, 15) is 4.79 Å². The first kappa shape index (κ1) is 14.6. The van der Waals surface area contributed by atoms with Crippen molar-refractivity contribution in [2.24, 2.45) is 11.3 Å². The molecule has 0 bridgehead atoms. The number of hydrogen-bond donors (Lipinski definition) is 2. The second-order valence-corrected chi connectivity index (χ2v) is 5.86. The molecule has 18 heavy (non-hydrogen) atoms. The molecule has 3 nitrogen and oxygen atoms in total. The van der Waals surface area contributed by atoms with Crippen molar-refractivity contribution < 1.29 is 4.79 Å². The van der Waals surface area contributed by atoms with Crippen LogP contribution in [-0.4, -0.2) is 12.3 Å². The number of anilines is 2. The molecular formula is C15H24N2O. The Bertz CT molecular complexity index is 436. The number of nitrogens with two attached hydrogens (primary N) is 1. The molecule has 1 aromatic carbocycles. The van der Waals surface area contributed by atoms with Crippen LogP contribution in [0.25, 0.3) is 0 Å². The lowest BCUT2D eigenvalue weighted by Gasteiger charge is -2.30. The van der Waals surface area contributed by atoms with Crippen LogP contribution in [0, 0.1) is 11.3 Å². The number of nitrogen functional groups attached to an aromatic ring is 1. The van der Waals surface area contributed by atoms with Crippen LogP contribution in [-0.2, 0) is 0 Å². The third kappa shape index (κ3) is 3.49. The minimum absolute atomic E-state index is 0.000676. The molecule has 0 spiro atoms. The summed E-state index contributed by atoms with van der Waals surface area (Å²) in [6, 6.07) is 5.52.